The lowest BCUT2D eigenvalue weighted by atomic mass is 10.1. The third kappa shape index (κ3) is 2.55. The Balaban J connectivity index is 2.26. The Hall–Kier alpha value is -2.02. The van der Waals surface area contributed by atoms with Gasteiger partial charge in [-0.3, -0.25) is 15.0 Å². The number of hydrogen-bond acceptors (Lipinski definition) is 4. The van der Waals surface area contributed by atoms with Gasteiger partial charge in [0.25, 0.3) is 5.69 Å². The van der Waals surface area contributed by atoms with Gasteiger partial charge in [0.15, 0.2) is 0 Å². The van der Waals surface area contributed by atoms with Gasteiger partial charge in [0, 0.05) is 23.8 Å². The van der Waals surface area contributed by atoms with Crippen molar-refractivity contribution < 1.29 is 18.4 Å². The molecule has 0 aliphatic carbocycles. The van der Waals surface area contributed by atoms with Crippen molar-refractivity contribution in [2.75, 3.05) is 14.1 Å². The van der Waals surface area contributed by atoms with E-state index >= 15 is 0 Å². The van der Waals surface area contributed by atoms with E-state index in [1.165, 1.54) is 43.3 Å². The van der Waals surface area contributed by atoms with Gasteiger partial charge in [-0.2, -0.15) is 8.78 Å². The SMILES string of the molecule is CN(C)C1OC(c2ccc([N+](=O)[O-])cc2)=CC1(F)F. The summed E-state index contributed by atoms with van der Waals surface area (Å²) in [6.45, 7) is 0. The molecule has 102 valence electrons. The molecule has 5 nitrogen and oxygen atoms in total. The molecule has 1 atom stereocenters. The number of hydrogen-bond donors (Lipinski definition) is 0. The lowest BCUT2D eigenvalue weighted by Gasteiger charge is -2.24. The Morgan fingerprint density at radius 2 is 1.89 bits per heavy atom. The number of nitro benzene ring substituents is 1. The highest BCUT2D eigenvalue weighted by molar-refractivity contribution is 5.64. The van der Waals surface area contributed by atoms with Crippen molar-refractivity contribution in [3.05, 3.63) is 46.0 Å². The van der Waals surface area contributed by atoms with Gasteiger partial charge in [-0.25, -0.2) is 0 Å². The Labute approximate surface area is 108 Å². The topological polar surface area (TPSA) is 55.6 Å². The standard InChI is InChI=1S/C12H12F2N2O3/c1-15(2)11-12(13,14)7-10(19-11)8-3-5-9(6-4-8)16(17)18/h3-7,11H,1-2H3. The van der Waals surface area contributed by atoms with E-state index in [1.807, 2.05) is 0 Å². The maximum Gasteiger partial charge on any atom is 0.319 e. The summed E-state index contributed by atoms with van der Waals surface area (Å²) in [5.74, 6) is -3.07. The molecule has 19 heavy (non-hydrogen) atoms. The highest BCUT2D eigenvalue weighted by atomic mass is 19.3. The second-order valence-electron chi connectivity index (χ2n) is 4.42. The first-order chi connectivity index (χ1) is 8.81. The minimum Gasteiger partial charge on any atom is -0.468 e. The molecular weight excluding hydrogens is 258 g/mol. The number of nitro groups is 1. The van der Waals surface area contributed by atoms with Crippen LogP contribution < -0.4 is 0 Å². The summed E-state index contributed by atoms with van der Waals surface area (Å²) in [6.07, 6.45) is -0.628. The van der Waals surface area contributed by atoms with Crippen LogP contribution in [-0.2, 0) is 4.74 Å². The Bertz CT molecular complexity index is 526. The average molecular weight is 270 g/mol. The molecule has 0 saturated carbocycles. The summed E-state index contributed by atoms with van der Waals surface area (Å²) < 4.78 is 32.5. The fourth-order valence-electron chi connectivity index (χ4n) is 1.83. The van der Waals surface area contributed by atoms with Crippen molar-refractivity contribution in [1.29, 1.82) is 0 Å². The van der Waals surface area contributed by atoms with Crippen molar-refractivity contribution in [3.8, 4) is 0 Å². The second-order valence-corrected chi connectivity index (χ2v) is 4.42. The fourth-order valence-corrected chi connectivity index (χ4v) is 1.83. The quantitative estimate of drug-likeness (QED) is 0.625. The van der Waals surface area contributed by atoms with Crippen LogP contribution in [0.4, 0.5) is 14.5 Å². The third-order valence-corrected chi connectivity index (χ3v) is 2.72. The molecule has 2 rings (SSSR count). The number of non-ortho nitro benzene ring substituents is 1. The van der Waals surface area contributed by atoms with Gasteiger partial charge in [0.05, 0.1) is 4.92 Å². The van der Waals surface area contributed by atoms with Gasteiger partial charge in [0.2, 0.25) is 6.23 Å². The minimum absolute atomic E-state index is 0.0265. The van der Waals surface area contributed by atoms with Gasteiger partial charge in [-0.15, -0.1) is 0 Å². The number of nitrogens with zero attached hydrogens (tertiary/aromatic N) is 2. The normalized spacial score (nSPS) is 21.1. The van der Waals surface area contributed by atoms with Crippen LogP contribution in [0.15, 0.2) is 30.3 Å². The molecule has 1 aliphatic heterocycles. The van der Waals surface area contributed by atoms with Gasteiger partial charge in [-0.1, -0.05) is 0 Å². The highest BCUT2D eigenvalue weighted by Gasteiger charge is 2.47. The molecule has 1 heterocycles. The van der Waals surface area contributed by atoms with Crippen LogP contribution >= 0.6 is 0 Å². The Morgan fingerprint density at radius 3 is 2.32 bits per heavy atom. The maximum atomic E-state index is 13.7. The van der Waals surface area contributed by atoms with Crippen LogP contribution in [-0.4, -0.2) is 36.1 Å². The van der Waals surface area contributed by atoms with E-state index in [9.17, 15) is 18.9 Å². The van der Waals surface area contributed by atoms with Crippen molar-refractivity contribution >= 4 is 11.4 Å². The number of rotatable bonds is 3. The molecule has 1 aliphatic rings. The van der Waals surface area contributed by atoms with E-state index in [0.717, 1.165) is 6.08 Å². The first-order valence-corrected chi connectivity index (χ1v) is 5.50. The van der Waals surface area contributed by atoms with Crippen molar-refractivity contribution in [2.45, 2.75) is 12.2 Å². The smallest absolute Gasteiger partial charge is 0.319 e. The molecule has 0 aromatic heterocycles. The monoisotopic (exact) mass is 270 g/mol. The zero-order valence-corrected chi connectivity index (χ0v) is 10.3. The lowest BCUT2D eigenvalue weighted by Crippen LogP contribution is -2.41. The molecule has 0 spiro atoms. The summed E-state index contributed by atoms with van der Waals surface area (Å²) in [5.41, 5.74) is 0.285. The van der Waals surface area contributed by atoms with Gasteiger partial charge >= 0.3 is 5.92 Å². The van der Waals surface area contributed by atoms with E-state index in [1.54, 1.807) is 0 Å². The highest BCUT2D eigenvalue weighted by Crippen LogP contribution is 2.38. The summed E-state index contributed by atoms with van der Waals surface area (Å²) in [4.78, 5) is 11.2. The summed E-state index contributed by atoms with van der Waals surface area (Å²) in [6, 6.07) is 5.28. The zero-order chi connectivity index (χ0) is 14.2. The molecule has 7 heteroatoms. The van der Waals surface area contributed by atoms with Gasteiger partial charge < -0.3 is 4.74 Å². The number of benzene rings is 1. The van der Waals surface area contributed by atoms with Crippen molar-refractivity contribution in [1.82, 2.24) is 4.90 Å². The van der Waals surface area contributed by atoms with Gasteiger partial charge in [0.1, 0.15) is 5.76 Å². The Kier molecular flexibility index (Phi) is 3.23. The predicted molar refractivity (Wildman–Crippen MR) is 64.6 cm³/mol. The molecule has 0 bridgehead atoms. The van der Waals surface area contributed by atoms with E-state index in [-0.39, 0.29) is 11.4 Å². The fraction of sp³-hybridized carbons (Fsp3) is 0.333. The first-order valence-electron chi connectivity index (χ1n) is 5.50. The van der Waals surface area contributed by atoms with Crippen LogP contribution in [0.2, 0.25) is 0 Å². The summed E-state index contributed by atoms with van der Waals surface area (Å²) in [7, 11) is 2.98. The predicted octanol–water partition coefficient (Wildman–Crippen LogP) is 2.49. The average Bonchev–Trinajstić information content (AvgIpc) is 2.65. The molecule has 1 aromatic rings. The molecule has 1 unspecified atom stereocenters. The second kappa shape index (κ2) is 4.58. The summed E-state index contributed by atoms with van der Waals surface area (Å²) >= 11 is 0. The number of ether oxygens (including phenoxy) is 1. The zero-order valence-electron chi connectivity index (χ0n) is 10.3. The van der Waals surface area contributed by atoms with Crippen LogP contribution in [0.1, 0.15) is 5.56 Å². The van der Waals surface area contributed by atoms with E-state index in [0.29, 0.717) is 5.56 Å². The van der Waals surface area contributed by atoms with Crippen LogP contribution in [0.25, 0.3) is 5.76 Å². The van der Waals surface area contributed by atoms with Crippen LogP contribution in [0.3, 0.4) is 0 Å². The van der Waals surface area contributed by atoms with E-state index in [4.69, 9.17) is 4.74 Å². The number of halogens is 2. The molecule has 0 N–H and O–H groups in total. The Morgan fingerprint density at radius 1 is 1.32 bits per heavy atom. The largest absolute Gasteiger partial charge is 0.468 e. The lowest BCUT2D eigenvalue weighted by molar-refractivity contribution is -0.384. The van der Waals surface area contributed by atoms with Crippen molar-refractivity contribution in [3.63, 3.8) is 0 Å². The minimum atomic E-state index is -3.10. The van der Waals surface area contributed by atoms with E-state index in [2.05, 4.69) is 0 Å². The van der Waals surface area contributed by atoms with Gasteiger partial charge in [-0.05, 0) is 26.2 Å². The molecule has 0 amide bonds. The third-order valence-electron chi connectivity index (χ3n) is 2.72. The number of alkyl halides is 2. The summed E-state index contributed by atoms with van der Waals surface area (Å²) in [5, 5.41) is 10.5. The molecule has 0 saturated heterocycles. The molecule has 0 fully saturated rings. The van der Waals surface area contributed by atoms with Crippen LogP contribution in [0.5, 0.6) is 0 Å². The molecular formula is C12H12F2N2O3. The van der Waals surface area contributed by atoms with E-state index < -0.39 is 17.1 Å². The first kappa shape index (κ1) is 13.4. The maximum absolute atomic E-state index is 13.7. The molecule has 1 aromatic carbocycles. The van der Waals surface area contributed by atoms with Crippen LogP contribution in [0, 0.1) is 10.1 Å². The molecule has 0 radical (unpaired) electrons. The van der Waals surface area contributed by atoms with Crippen molar-refractivity contribution in [2.24, 2.45) is 0 Å².